The molecule has 0 spiro atoms. The van der Waals surface area contributed by atoms with Gasteiger partial charge in [0.1, 0.15) is 0 Å². The predicted octanol–water partition coefficient (Wildman–Crippen LogP) is 7.18. The average Bonchev–Trinajstić information content (AvgIpc) is 3.24. The summed E-state index contributed by atoms with van der Waals surface area (Å²) >= 11 is 1.36. The second-order valence-corrected chi connectivity index (χ2v) is 4.82. The van der Waals surface area contributed by atoms with Crippen LogP contribution in [0.1, 0.15) is 12.5 Å². The van der Waals surface area contributed by atoms with Crippen molar-refractivity contribution in [1.29, 1.82) is 0 Å². The van der Waals surface area contributed by atoms with Gasteiger partial charge in [-0.25, -0.2) is 0 Å². The number of hydrogen-bond acceptors (Lipinski definition) is 0. The Labute approximate surface area is 188 Å². The smallest absolute Gasteiger partial charge is 0.0809 e. The molecule has 0 atom stereocenters. The number of benzene rings is 2. The van der Waals surface area contributed by atoms with Gasteiger partial charge >= 0.3 is 30.2 Å². The maximum absolute atomic E-state index is 3.25. The molecule has 0 aliphatic carbocycles. The van der Waals surface area contributed by atoms with Gasteiger partial charge in [-0.1, -0.05) is 19.1 Å². The summed E-state index contributed by atoms with van der Waals surface area (Å²) in [5.74, 6) is 0. The summed E-state index contributed by atoms with van der Waals surface area (Å²) in [4.78, 5) is 0. The molecule has 0 aromatic heterocycles. The van der Waals surface area contributed by atoms with E-state index in [0.29, 0.717) is 0 Å². The molecule has 0 heterocycles. The summed E-state index contributed by atoms with van der Waals surface area (Å²) < 4.78 is 0. The van der Waals surface area contributed by atoms with E-state index in [2.05, 4.69) is 99.6 Å². The Morgan fingerprint density at radius 2 is 1.31 bits per heavy atom. The predicted molar refractivity (Wildman–Crippen MR) is 122 cm³/mol. The van der Waals surface area contributed by atoms with Crippen LogP contribution in [0.4, 0.5) is 0 Å². The van der Waals surface area contributed by atoms with Crippen LogP contribution in [0.25, 0.3) is 21.5 Å². The zero-order valence-electron chi connectivity index (χ0n) is 15.5. The van der Waals surface area contributed by atoms with Crippen molar-refractivity contribution in [2.45, 2.75) is 13.8 Å². The summed E-state index contributed by atoms with van der Waals surface area (Å²) in [5.41, 5.74) is 1.35. The van der Waals surface area contributed by atoms with Crippen molar-refractivity contribution in [3.63, 3.8) is 0 Å². The third-order valence-corrected chi connectivity index (χ3v) is 3.31. The Kier molecular flexibility index (Phi) is 20.5. The molecular weight excluding hydrogens is 454 g/mol. The van der Waals surface area contributed by atoms with Crippen molar-refractivity contribution in [2.75, 3.05) is 0 Å². The first kappa shape index (κ1) is 30.1. The monoisotopic (exact) mass is 478 g/mol. The second kappa shape index (κ2) is 17.7. The van der Waals surface area contributed by atoms with Crippen LogP contribution in [0.3, 0.4) is 0 Å². The van der Waals surface area contributed by atoms with Gasteiger partial charge in [-0.15, -0.1) is 95.1 Å². The molecule has 0 nitrogen and oxygen atoms in total. The van der Waals surface area contributed by atoms with E-state index < -0.39 is 0 Å². The normalized spacial score (nSPS) is 7.92. The molecule has 0 aliphatic heterocycles. The quantitative estimate of drug-likeness (QED) is 0.185. The number of aryl methyl sites for hydroxylation is 1. The number of fused-ring (bicyclic) bond motifs is 2. The minimum Gasteiger partial charge on any atom is -0.168 e. The van der Waals surface area contributed by atoms with Crippen LogP contribution in [-0.2, 0) is 23.3 Å². The fourth-order valence-electron chi connectivity index (χ4n) is 2.38. The molecule has 26 heavy (non-hydrogen) atoms. The van der Waals surface area contributed by atoms with E-state index in [9.17, 15) is 0 Å². The second-order valence-electron chi connectivity index (χ2n) is 4.82. The van der Waals surface area contributed by atoms with Gasteiger partial charge < -0.3 is 14.4 Å². The van der Waals surface area contributed by atoms with Crippen LogP contribution in [0.2, 0.25) is 0 Å². The molecule has 4 heteroatoms. The summed E-state index contributed by atoms with van der Waals surface area (Å²) in [6, 6.07) is 27.5. The SMILES string of the molecule is Cc1cc2ccccc2[cH-]1.Cl.Cl.[CH2-]C.[CH3-].[Si]=[Zr].c1ccc2[cH-]ccc2c1. The standard InChI is InChI=1S/C10H9.C9H7.C2H5.CH3.2ClH.Si.Zr/c1-8-6-9-4-2-3-5-10(9)7-8;1-2-5-9-7-3-6-8(9)4-1;1-2;;;;;/h2-7H,1H3;1-7H;1H2,2H3;1H3;2*1H;;/q4*-1;;;;. The largest absolute Gasteiger partial charge is 0.168 e. The minimum absolute atomic E-state index is 0. The van der Waals surface area contributed by atoms with Crippen LogP contribution in [-0.4, -0.2) is 6.88 Å². The first-order chi connectivity index (χ1) is 11.3. The Hall–Kier alpha value is -0.660. The molecule has 2 radical (unpaired) electrons. The molecule has 4 rings (SSSR count). The van der Waals surface area contributed by atoms with Gasteiger partial charge in [-0.3, -0.25) is 0 Å². The Morgan fingerprint density at radius 1 is 0.808 bits per heavy atom. The molecular formula is C22H26Cl2SiZr-4. The zero-order valence-corrected chi connectivity index (χ0v) is 20.6. The topological polar surface area (TPSA) is 0 Å². The summed E-state index contributed by atoms with van der Waals surface area (Å²) in [7, 11) is 0. The van der Waals surface area contributed by atoms with Gasteiger partial charge in [0.25, 0.3) is 0 Å². The fraction of sp³-hybridized carbons (Fsp3) is 0.0909. The molecule has 0 unspecified atom stereocenters. The number of rotatable bonds is 0. The molecule has 140 valence electrons. The Bertz CT molecular complexity index is 758. The van der Waals surface area contributed by atoms with Crippen LogP contribution < -0.4 is 0 Å². The van der Waals surface area contributed by atoms with Gasteiger partial charge in [0.15, 0.2) is 0 Å². The van der Waals surface area contributed by atoms with Crippen molar-refractivity contribution >= 4 is 53.2 Å². The fourth-order valence-corrected chi connectivity index (χ4v) is 2.38. The third-order valence-electron chi connectivity index (χ3n) is 3.31. The Balaban J connectivity index is -0.000000313. The third kappa shape index (κ3) is 9.33. The molecule has 0 aliphatic rings. The molecule has 4 aromatic rings. The van der Waals surface area contributed by atoms with Gasteiger partial charge in [-0.05, 0) is 0 Å². The molecule has 4 aromatic carbocycles. The van der Waals surface area contributed by atoms with E-state index in [1.165, 1.54) is 50.4 Å². The van der Waals surface area contributed by atoms with Crippen molar-refractivity contribution in [1.82, 2.24) is 0 Å². The van der Waals surface area contributed by atoms with Gasteiger partial charge in [0.2, 0.25) is 0 Å². The van der Waals surface area contributed by atoms with Crippen molar-refractivity contribution in [2.24, 2.45) is 0 Å². The minimum atomic E-state index is 0. The van der Waals surface area contributed by atoms with Gasteiger partial charge in [0.05, 0.1) is 0 Å². The molecule has 0 saturated heterocycles. The summed E-state index contributed by atoms with van der Waals surface area (Å²) in [6.07, 6.45) is 0. The van der Waals surface area contributed by atoms with E-state index in [4.69, 9.17) is 0 Å². The van der Waals surface area contributed by atoms with Gasteiger partial charge in [-0.2, -0.15) is 30.5 Å². The van der Waals surface area contributed by atoms with E-state index in [0.717, 1.165) is 0 Å². The first-order valence-corrected chi connectivity index (χ1v) is 11.7. The van der Waals surface area contributed by atoms with Crippen LogP contribution >= 0.6 is 24.8 Å². The van der Waals surface area contributed by atoms with E-state index in [1.807, 2.05) is 0 Å². The van der Waals surface area contributed by atoms with Crippen molar-refractivity contribution in [3.8, 4) is 0 Å². The van der Waals surface area contributed by atoms with Crippen LogP contribution in [0.5, 0.6) is 0 Å². The van der Waals surface area contributed by atoms with E-state index >= 15 is 0 Å². The molecule has 0 bridgehead atoms. The first-order valence-electron chi connectivity index (χ1n) is 7.51. The average molecular weight is 481 g/mol. The van der Waals surface area contributed by atoms with Crippen molar-refractivity contribution < 1.29 is 23.3 Å². The Morgan fingerprint density at radius 3 is 1.85 bits per heavy atom. The number of halogens is 2. The van der Waals surface area contributed by atoms with E-state index in [-0.39, 0.29) is 32.2 Å². The maximum atomic E-state index is 3.25. The van der Waals surface area contributed by atoms with Gasteiger partial charge in [0, 0.05) is 0 Å². The summed E-state index contributed by atoms with van der Waals surface area (Å²) in [6.45, 7) is 10.2. The maximum Gasteiger partial charge on any atom is -0.0809 e. The summed E-state index contributed by atoms with van der Waals surface area (Å²) in [5, 5.41) is 5.36. The molecule has 0 amide bonds. The zero-order chi connectivity index (χ0) is 17.1. The van der Waals surface area contributed by atoms with Crippen LogP contribution in [0, 0.1) is 21.3 Å². The molecule has 0 saturated carbocycles. The van der Waals surface area contributed by atoms with Crippen LogP contribution in [0.15, 0.2) is 78.9 Å². The van der Waals surface area contributed by atoms with E-state index in [1.54, 1.807) is 6.92 Å². The number of hydrogen-bond donors (Lipinski definition) is 0. The molecule has 0 fully saturated rings. The molecule has 0 N–H and O–H groups in total. The van der Waals surface area contributed by atoms with Crippen molar-refractivity contribution in [3.05, 3.63) is 98.8 Å².